The summed E-state index contributed by atoms with van der Waals surface area (Å²) in [5.74, 6) is 0.355. The highest BCUT2D eigenvalue weighted by molar-refractivity contribution is 6.09. The van der Waals surface area contributed by atoms with Gasteiger partial charge in [0.15, 0.2) is 5.78 Å². The molecule has 1 unspecified atom stereocenters. The van der Waals surface area contributed by atoms with E-state index in [0.29, 0.717) is 6.04 Å². The molecule has 0 aliphatic carbocycles. The molecule has 1 aliphatic heterocycles. The van der Waals surface area contributed by atoms with Crippen molar-refractivity contribution in [1.82, 2.24) is 14.7 Å². The van der Waals surface area contributed by atoms with Crippen molar-refractivity contribution in [2.24, 2.45) is 5.92 Å². The predicted molar refractivity (Wildman–Crippen MR) is 118 cm³/mol. The summed E-state index contributed by atoms with van der Waals surface area (Å²) in [6.07, 6.45) is 2.04. The minimum atomic E-state index is 0.0651. The maximum absolute atomic E-state index is 13.4. The molecule has 4 heteroatoms. The van der Waals surface area contributed by atoms with Gasteiger partial charge in [0.1, 0.15) is 0 Å². The number of benzene rings is 2. The lowest BCUT2D eigenvalue weighted by Crippen LogP contribution is -2.38. The largest absolute Gasteiger partial charge is 0.298 e. The summed E-state index contributed by atoms with van der Waals surface area (Å²) < 4.78 is 2.12. The number of likely N-dealkylation sites (tertiary alicyclic amines) is 1. The number of Topliss-reactive ketones (excluding diaryl/α,β-unsaturated/α-hetero) is 1. The number of carbonyl (C=O) groups excluding carboxylic acids is 1. The molecule has 0 N–H and O–H groups in total. The van der Waals surface area contributed by atoms with Crippen LogP contribution in [0, 0.1) is 19.8 Å². The maximum Gasteiger partial charge on any atom is 0.167 e. The number of ketones is 1. The van der Waals surface area contributed by atoms with Gasteiger partial charge in [0.05, 0.1) is 5.69 Å². The van der Waals surface area contributed by atoms with Crippen LogP contribution >= 0.6 is 0 Å². The molecule has 0 radical (unpaired) electrons. The van der Waals surface area contributed by atoms with Gasteiger partial charge >= 0.3 is 0 Å². The average molecular weight is 390 g/mol. The molecule has 1 aliphatic rings. The molecule has 2 heterocycles. The van der Waals surface area contributed by atoms with E-state index in [1.165, 1.54) is 11.3 Å². The van der Waals surface area contributed by atoms with Crippen LogP contribution < -0.4 is 0 Å². The predicted octanol–water partition coefficient (Wildman–Crippen LogP) is 5.33. The van der Waals surface area contributed by atoms with Crippen molar-refractivity contribution in [1.29, 1.82) is 0 Å². The Balaban J connectivity index is 1.54. The standard InChI is InChI=1S/C25H31N3O/c1-17(2)28-19(4)24(18(3)26-28)16-27-14-8-11-21(15-27)25(29)23-13-7-10-20-9-5-6-12-22(20)23/h5-7,9-10,12-13,17,21H,8,11,14-16H2,1-4H3. The lowest BCUT2D eigenvalue weighted by Gasteiger charge is -2.32. The van der Waals surface area contributed by atoms with E-state index in [1.54, 1.807) is 0 Å². The highest BCUT2D eigenvalue weighted by Gasteiger charge is 2.28. The molecule has 4 nitrogen and oxygen atoms in total. The highest BCUT2D eigenvalue weighted by atomic mass is 16.1. The fraction of sp³-hybridized carbons (Fsp3) is 0.440. The van der Waals surface area contributed by atoms with Crippen LogP contribution in [-0.2, 0) is 6.54 Å². The van der Waals surface area contributed by atoms with Crippen LogP contribution in [0.15, 0.2) is 42.5 Å². The number of carbonyl (C=O) groups is 1. The van der Waals surface area contributed by atoms with E-state index >= 15 is 0 Å². The van der Waals surface area contributed by atoms with Crippen LogP contribution in [0.1, 0.15) is 60.0 Å². The molecule has 152 valence electrons. The van der Waals surface area contributed by atoms with Gasteiger partial charge in [-0.15, -0.1) is 0 Å². The number of aryl methyl sites for hydroxylation is 1. The van der Waals surface area contributed by atoms with Gasteiger partial charge < -0.3 is 0 Å². The fourth-order valence-electron chi connectivity index (χ4n) is 4.73. The SMILES string of the molecule is Cc1nn(C(C)C)c(C)c1CN1CCCC(C(=O)c2cccc3ccccc23)C1. The number of rotatable bonds is 5. The topological polar surface area (TPSA) is 38.1 Å². The van der Waals surface area contributed by atoms with Crippen molar-refractivity contribution >= 4 is 16.6 Å². The van der Waals surface area contributed by atoms with Gasteiger partial charge in [-0.05, 0) is 57.9 Å². The summed E-state index contributed by atoms with van der Waals surface area (Å²) in [7, 11) is 0. The zero-order valence-electron chi connectivity index (χ0n) is 18.0. The first-order valence-electron chi connectivity index (χ1n) is 10.7. The van der Waals surface area contributed by atoms with Crippen LogP contribution in [0.4, 0.5) is 0 Å². The third-order valence-corrected chi connectivity index (χ3v) is 6.28. The Morgan fingerprint density at radius 3 is 2.66 bits per heavy atom. The summed E-state index contributed by atoms with van der Waals surface area (Å²) in [5, 5.41) is 6.94. The lowest BCUT2D eigenvalue weighted by atomic mass is 9.87. The van der Waals surface area contributed by atoms with Crippen LogP contribution in [0.2, 0.25) is 0 Å². The molecule has 1 atom stereocenters. The first-order valence-corrected chi connectivity index (χ1v) is 10.7. The minimum absolute atomic E-state index is 0.0651. The normalized spacial score (nSPS) is 17.9. The minimum Gasteiger partial charge on any atom is -0.298 e. The highest BCUT2D eigenvalue weighted by Crippen LogP contribution is 2.27. The number of fused-ring (bicyclic) bond motifs is 1. The van der Waals surface area contributed by atoms with E-state index in [9.17, 15) is 4.79 Å². The van der Waals surface area contributed by atoms with E-state index < -0.39 is 0 Å². The summed E-state index contributed by atoms with van der Waals surface area (Å²) >= 11 is 0. The van der Waals surface area contributed by atoms with Crippen LogP contribution in [0.25, 0.3) is 10.8 Å². The van der Waals surface area contributed by atoms with Gasteiger partial charge in [-0.1, -0.05) is 42.5 Å². The van der Waals surface area contributed by atoms with E-state index in [2.05, 4.69) is 55.5 Å². The van der Waals surface area contributed by atoms with Gasteiger partial charge in [0.2, 0.25) is 0 Å². The molecule has 29 heavy (non-hydrogen) atoms. The van der Waals surface area contributed by atoms with Crippen molar-refractivity contribution in [3.63, 3.8) is 0 Å². The summed E-state index contributed by atoms with van der Waals surface area (Å²) in [5.41, 5.74) is 4.55. The van der Waals surface area contributed by atoms with Crippen molar-refractivity contribution in [3.8, 4) is 0 Å². The van der Waals surface area contributed by atoms with Gasteiger partial charge in [-0.25, -0.2) is 0 Å². The Bertz CT molecular complexity index is 1030. The average Bonchev–Trinajstić information content (AvgIpc) is 3.01. The Labute approximate surface area is 173 Å². The molecule has 1 fully saturated rings. The molecule has 0 spiro atoms. The van der Waals surface area contributed by atoms with E-state index in [-0.39, 0.29) is 11.7 Å². The molecule has 4 rings (SSSR count). The second-order valence-electron chi connectivity index (χ2n) is 8.65. The third kappa shape index (κ3) is 3.86. The van der Waals surface area contributed by atoms with Gasteiger partial charge in [0, 0.05) is 41.9 Å². The lowest BCUT2D eigenvalue weighted by molar-refractivity contribution is 0.0813. The number of hydrogen-bond acceptors (Lipinski definition) is 3. The molecule has 0 saturated carbocycles. The first kappa shape index (κ1) is 19.8. The van der Waals surface area contributed by atoms with Crippen molar-refractivity contribution < 1.29 is 4.79 Å². The van der Waals surface area contributed by atoms with E-state index in [0.717, 1.165) is 54.5 Å². The summed E-state index contributed by atoms with van der Waals surface area (Å²) in [4.78, 5) is 15.8. The van der Waals surface area contributed by atoms with Crippen molar-refractivity contribution in [2.45, 2.75) is 53.1 Å². The van der Waals surface area contributed by atoms with E-state index in [4.69, 9.17) is 5.10 Å². The molecular formula is C25H31N3O. The molecule has 1 saturated heterocycles. The number of aromatic nitrogens is 2. The van der Waals surface area contributed by atoms with Crippen LogP contribution in [0.3, 0.4) is 0 Å². The molecule has 3 aromatic rings. The number of piperidine rings is 1. The zero-order chi connectivity index (χ0) is 20.5. The summed E-state index contributed by atoms with van der Waals surface area (Å²) in [6, 6.07) is 14.6. The number of hydrogen-bond donors (Lipinski definition) is 0. The van der Waals surface area contributed by atoms with Gasteiger partial charge in [0.25, 0.3) is 0 Å². The Hall–Kier alpha value is -2.46. The summed E-state index contributed by atoms with van der Waals surface area (Å²) in [6.45, 7) is 11.4. The third-order valence-electron chi connectivity index (χ3n) is 6.28. The molecule has 2 aromatic carbocycles. The van der Waals surface area contributed by atoms with Gasteiger partial charge in [-0.2, -0.15) is 5.10 Å². The zero-order valence-corrected chi connectivity index (χ0v) is 18.0. The van der Waals surface area contributed by atoms with E-state index in [1.807, 2.05) is 24.3 Å². The quantitative estimate of drug-likeness (QED) is 0.554. The Morgan fingerprint density at radius 2 is 1.90 bits per heavy atom. The van der Waals surface area contributed by atoms with Gasteiger partial charge in [-0.3, -0.25) is 14.4 Å². The second kappa shape index (κ2) is 8.11. The van der Waals surface area contributed by atoms with Crippen molar-refractivity contribution in [2.75, 3.05) is 13.1 Å². The Morgan fingerprint density at radius 1 is 1.14 bits per heavy atom. The van der Waals surface area contributed by atoms with Crippen LogP contribution in [-0.4, -0.2) is 33.6 Å². The smallest absolute Gasteiger partial charge is 0.167 e. The molecular weight excluding hydrogens is 358 g/mol. The fourth-order valence-corrected chi connectivity index (χ4v) is 4.73. The Kier molecular flexibility index (Phi) is 5.55. The second-order valence-corrected chi connectivity index (χ2v) is 8.65. The van der Waals surface area contributed by atoms with Crippen LogP contribution in [0.5, 0.6) is 0 Å². The molecule has 0 bridgehead atoms. The monoisotopic (exact) mass is 389 g/mol. The van der Waals surface area contributed by atoms with Crippen molar-refractivity contribution in [3.05, 3.63) is 65.0 Å². The molecule has 1 aromatic heterocycles. The number of nitrogens with zero attached hydrogens (tertiary/aromatic N) is 3. The molecule has 0 amide bonds. The first-order chi connectivity index (χ1) is 14.0. The maximum atomic E-state index is 13.4.